The van der Waals surface area contributed by atoms with Crippen LogP contribution in [-0.4, -0.2) is 19.0 Å². The predicted molar refractivity (Wildman–Crippen MR) is 61.6 cm³/mol. The van der Waals surface area contributed by atoms with E-state index in [-0.39, 0.29) is 12.2 Å². The molecule has 0 aliphatic heterocycles. The molecule has 0 heterocycles. The average Bonchev–Trinajstić information content (AvgIpc) is 2.35. The van der Waals surface area contributed by atoms with E-state index >= 15 is 0 Å². The van der Waals surface area contributed by atoms with Crippen molar-refractivity contribution in [1.29, 1.82) is 0 Å². The van der Waals surface area contributed by atoms with Gasteiger partial charge in [0.15, 0.2) is 0 Å². The number of rotatable bonds is 5. The largest absolute Gasteiger partial charge is 0.545 e. The van der Waals surface area contributed by atoms with E-state index in [1.165, 1.54) is 6.92 Å². The lowest BCUT2D eigenvalue weighted by atomic mass is 10.2. The van der Waals surface area contributed by atoms with Gasteiger partial charge in [-0.1, -0.05) is 12.1 Å². The zero-order valence-corrected chi connectivity index (χ0v) is 10.1. The molecule has 5 nitrogen and oxygen atoms in total. The first kappa shape index (κ1) is 13.8. The van der Waals surface area contributed by atoms with Gasteiger partial charge in [0.05, 0.1) is 13.1 Å². The van der Waals surface area contributed by atoms with Crippen LogP contribution < -0.4 is 9.84 Å². The minimum absolute atomic E-state index is 0.0106. The summed E-state index contributed by atoms with van der Waals surface area (Å²) in [6.07, 6.45) is 0.705. The van der Waals surface area contributed by atoms with Crippen molar-refractivity contribution in [3.8, 4) is 5.75 Å². The molecule has 5 heteroatoms. The molecule has 0 unspecified atom stereocenters. The quantitative estimate of drug-likeness (QED) is 0.559. The third-order valence-electron chi connectivity index (χ3n) is 2.19. The molecule has 0 amide bonds. The number of carboxylic acids is 1. The number of methoxy groups -OCH3 is 1. The van der Waals surface area contributed by atoms with Crippen molar-refractivity contribution < 1.29 is 24.2 Å². The molecule has 0 N–H and O–H groups in total. The first-order valence-corrected chi connectivity index (χ1v) is 5.22. The molecule has 0 saturated carbocycles. The van der Waals surface area contributed by atoms with Crippen LogP contribution in [0, 0.1) is 0 Å². The highest BCUT2D eigenvalue weighted by atomic mass is 16.5. The number of hydrogen-bond donors (Lipinski definition) is 0. The van der Waals surface area contributed by atoms with Crippen LogP contribution in [0.25, 0.3) is 0 Å². The standard InChI is InChI=1S/C13H14O5/c1-9(7-12(14)15)13(16)18-8-10-3-5-11(17-2)6-4-10/h3-7H,8H2,1-2H3,(H,14,15)/p-1. The fourth-order valence-electron chi connectivity index (χ4n) is 1.22. The maximum atomic E-state index is 11.4. The molecule has 1 rings (SSSR count). The van der Waals surface area contributed by atoms with E-state index in [2.05, 4.69) is 0 Å². The third kappa shape index (κ3) is 4.29. The van der Waals surface area contributed by atoms with Gasteiger partial charge in [-0.25, -0.2) is 4.79 Å². The Bertz CT molecular complexity index is 459. The molecule has 0 atom stereocenters. The zero-order chi connectivity index (χ0) is 13.5. The number of carbonyl (C=O) groups is 2. The van der Waals surface area contributed by atoms with Gasteiger partial charge < -0.3 is 19.4 Å². The summed E-state index contributed by atoms with van der Waals surface area (Å²) in [4.78, 5) is 21.6. The monoisotopic (exact) mass is 249 g/mol. The summed E-state index contributed by atoms with van der Waals surface area (Å²) in [5.41, 5.74) is 0.772. The van der Waals surface area contributed by atoms with Crippen molar-refractivity contribution in [2.75, 3.05) is 7.11 Å². The molecule has 0 fully saturated rings. The molecule has 1 aromatic rings. The number of esters is 1. The molecule has 0 radical (unpaired) electrons. The molecule has 0 saturated heterocycles. The molecule has 1 aromatic carbocycles. The molecular formula is C13H13O5-. The van der Waals surface area contributed by atoms with E-state index in [1.807, 2.05) is 0 Å². The van der Waals surface area contributed by atoms with E-state index in [0.717, 1.165) is 5.56 Å². The van der Waals surface area contributed by atoms with E-state index in [1.54, 1.807) is 31.4 Å². The summed E-state index contributed by atoms with van der Waals surface area (Å²) >= 11 is 0. The molecule has 96 valence electrons. The average molecular weight is 249 g/mol. The Morgan fingerprint density at radius 3 is 2.39 bits per heavy atom. The number of aliphatic carboxylic acids is 1. The third-order valence-corrected chi connectivity index (χ3v) is 2.19. The Kier molecular flexibility index (Phi) is 4.92. The Labute approximate surface area is 105 Å². The van der Waals surface area contributed by atoms with E-state index in [9.17, 15) is 14.7 Å². The first-order valence-electron chi connectivity index (χ1n) is 5.22. The van der Waals surface area contributed by atoms with Crippen LogP contribution in [0.2, 0.25) is 0 Å². The summed E-state index contributed by atoms with van der Waals surface area (Å²) in [5, 5.41) is 10.2. The fourth-order valence-corrected chi connectivity index (χ4v) is 1.22. The molecule has 0 aromatic heterocycles. The SMILES string of the molecule is COc1ccc(COC(=O)C(C)=CC(=O)[O-])cc1. The highest BCUT2D eigenvalue weighted by molar-refractivity contribution is 5.94. The predicted octanol–water partition coefficient (Wildman–Crippen LogP) is 0.435. The number of ether oxygens (including phenoxy) is 2. The first-order chi connectivity index (χ1) is 8.52. The number of carboxylic acid groups (broad SMARTS) is 1. The lowest BCUT2D eigenvalue weighted by Crippen LogP contribution is -2.20. The molecule has 0 spiro atoms. The fraction of sp³-hybridized carbons (Fsp3) is 0.231. The second kappa shape index (κ2) is 6.44. The summed E-state index contributed by atoms with van der Waals surface area (Å²) in [6.45, 7) is 1.42. The highest BCUT2D eigenvalue weighted by Gasteiger charge is 2.06. The van der Waals surface area contributed by atoms with Crippen LogP contribution >= 0.6 is 0 Å². The Balaban J connectivity index is 2.54. The maximum absolute atomic E-state index is 11.4. The number of carbonyl (C=O) groups excluding carboxylic acids is 2. The van der Waals surface area contributed by atoms with Gasteiger partial charge in [0.25, 0.3) is 0 Å². The normalized spacial score (nSPS) is 10.9. The molecule has 0 bridgehead atoms. The van der Waals surface area contributed by atoms with Crippen LogP contribution in [-0.2, 0) is 20.9 Å². The van der Waals surface area contributed by atoms with Crippen molar-refractivity contribution in [3.63, 3.8) is 0 Å². The van der Waals surface area contributed by atoms with Crippen molar-refractivity contribution >= 4 is 11.9 Å². The van der Waals surface area contributed by atoms with Gasteiger partial charge in [-0.15, -0.1) is 0 Å². The topological polar surface area (TPSA) is 75.7 Å². The van der Waals surface area contributed by atoms with Gasteiger partial charge in [-0.2, -0.15) is 0 Å². The second-order valence-electron chi connectivity index (χ2n) is 3.57. The van der Waals surface area contributed by atoms with Crippen molar-refractivity contribution in [3.05, 3.63) is 41.5 Å². The van der Waals surface area contributed by atoms with Gasteiger partial charge in [-0.05, 0) is 30.7 Å². The molecule has 18 heavy (non-hydrogen) atoms. The number of hydrogen-bond acceptors (Lipinski definition) is 5. The van der Waals surface area contributed by atoms with Gasteiger partial charge >= 0.3 is 5.97 Å². The van der Waals surface area contributed by atoms with Crippen LogP contribution in [0.15, 0.2) is 35.9 Å². The Morgan fingerprint density at radius 2 is 1.89 bits per heavy atom. The molecular weight excluding hydrogens is 236 g/mol. The number of benzene rings is 1. The highest BCUT2D eigenvalue weighted by Crippen LogP contribution is 2.12. The summed E-state index contributed by atoms with van der Waals surface area (Å²) in [5.74, 6) is -1.40. The minimum atomic E-state index is -1.42. The van der Waals surface area contributed by atoms with Crippen LogP contribution in [0.4, 0.5) is 0 Å². The summed E-state index contributed by atoms with van der Waals surface area (Å²) < 4.78 is 9.91. The Morgan fingerprint density at radius 1 is 1.28 bits per heavy atom. The van der Waals surface area contributed by atoms with Crippen LogP contribution in [0.5, 0.6) is 5.75 Å². The lowest BCUT2D eigenvalue weighted by molar-refractivity contribution is -0.297. The summed E-state index contributed by atoms with van der Waals surface area (Å²) in [6, 6.07) is 6.99. The maximum Gasteiger partial charge on any atom is 0.334 e. The van der Waals surface area contributed by atoms with Gasteiger partial charge in [-0.3, -0.25) is 0 Å². The van der Waals surface area contributed by atoms with Gasteiger partial charge in [0, 0.05) is 5.57 Å². The zero-order valence-electron chi connectivity index (χ0n) is 10.1. The minimum Gasteiger partial charge on any atom is -0.545 e. The van der Waals surface area contributed by atoms with Crippen molar-refractivity contribution in [1.82, 2.24) is 0 Å². The van der Waals surface area contributed by atoms with Gasteiger partial charge in [0.2, 0.25) is 0 Å². The smallest absolute Gasteiger partial charge is 0.334 e. The Hall–Kier alpha value is -2.30. The lowest BCUT2D eigenvalue weighted by Gasteiger charge is -2.06. The van der Waals surface area contributed by atoms with E-state index in [4.69, 9.17) is 9.47 Å². The van der Waals surface area contributed by atoms with E-state index < -0.39 is 11.9 Å². The van der Waals surface area contributed by atoms with Crippen molar-refractivity contribution in [2.45, 2.75) is 13.5 Å². The van der Waals surface area contributed by atoms with Crippen molar-refractivity contribution in [2.24, 2.45) is 0 Å². The van der Waals surface area contributed by atoms with Gasteiger partial charge in [0.1, 0.15) is 12.4 Å². The molecule has 0 aliphatic rings. The summed E-state index contributed by atoms with van der Waals surface area (Å²) in [7, 11) is 1.56. The van der Waals surface area contributed by atoms with Crippen LogP contribution in [0.3, 0.4) is 0 Å². The van der Waals surface area contributed by atoms with E-state index in [0.29, 0.717) is 11.8 Å². The van der Waals surface area contributed by atoms with Crippen LogP contribution in [0.1, 0.15) is 12.5 Å². The second-order valence-corrected chi connectivity index (χ2v) is 3.57. The molecule has 0 aliphatic carbocycles.